The summed E-state index contributed by atoms with van der Waals surface area (Å²) in [6.07, 6.45) is 1.86. The van der Waals surface area contributed by atoms with Crippen molar-refractivity contribution >= 4 is 0 Å². The Labute approximate surface area is 116 Å². The van der Waals surface area contributed by atoms with Gasteiger partial charge >= 0.3 is 0 Å². The summed E-state index contributed by atoms with van der Waals surface area (Å²) in [5.41, 5.74) is 2.18. The van der Waals surface area contributed by atoms with Crippen LogP contribution in [0, 0.1) is 5.92 Å². The molecule has 19 heavy (non-hydrogen) atoms. The van der Waals surface area contributed by atoms with Crippen LogP contribution in [-0.2, 0) is 0 Å². The summed E-state index contributed by atoms with van der Waals surface area (Å²) in [4.78, 5) is 0. The van der Waals surface area contributed by atoms with Gasteiger partial charge in [-0.1, -0.05) is 19.9 Å². The van der Waals surface area contributed by atoms with Crippen molar-refractivity contribution in [3.63, 3.8) is 0 Å². The molecule has 0 amide bonds. The van der Waals surface area contributed by atoms with E-state index in [4.69, 9.17) is 4.74 Å². The third-order valence-electron chi connectivity index (χ3n) is 4.00. The van der Waals surface area contributed by atoms with E-state index in [0.29, 0.717) is 11.8 Å². The molecule has 1 aliphatic heterocycles. The number of piperidine rings is 1. The first-order valence-corrected chi connectivity index (χ1v) is 7.20. The standard InChI is InChI=1S/C16H25NO2/c1-11(2)14-9-12(6-7-15(14)19-3)16(18)13-5-4-8-17-10-13/h6-7,9,11,13,16-18H,4-5,8,10H2,1-3H3. The van der Waals surface area contributed by atoms with Crippen molar-refractivity contribution in [3.8, 4) is 5.75 Å². The SMILES string of the molecule is COc1ccc(C(O)C2CCCNC2)cc1C(C)C. The Bertz CT molecular complexity index is 411. The summed E-state index contributed by atoms with van der Waals surface area (Å²) in [5, 5.41) is 13.9. The van der Waals surface area contributed by atoms with Gasteiger partial charge in [-0.05, 0) is 48.6 Å². The predicted molar refractivity (Wildman–Crippen MR) is 77.6 cm³/mol. The Morgan fingerprint density at radius 3 is 2.74 bits per heavy atom. The lowest BCUT2D eigenvalue weighted by Crippen LogP contribution is -2.33. The normalized spacial score (nSPS) is 21.4. The third-order valence-corrected chi connectivity index (χ3v) is 4.00. The van der Waals surface area contributed by atoms with Gasteiger partial charge < -0.3 is 15.2 Å². The molecule has 2 unspecified atom stereocenters. The van der Waals surface area contributed by atoms with Gasteiger partial charge in [-0.2, -0.15) is 0 Å². The summed E-state index contributed by atoms with van der Waals surface area (Å²) in [6.45, 7) is 6.28. The summed E-state index contributed by atoms with van der Waals surface area (Å²) in [5.74, 6) is 1.63. The highest BCUT2D eigenvalue weighted by molar-refractivity contribution is 5.40. The Morgan fingerprint density at radius 1 is 1.37 bits per heavy atom. The van der Waals surface area contributed by atoms with Crippen LogP contribution in [0.5, 0.6) is 5.75 Å². The molecular weight excluding hydrogens is 238 g/mol. The number of aliphatic hydroxyl groups excluding tert-OH is 1. The summed E-state index contributed by atoms with van der Waals surface area (Å²) < 4.78 is 5.39. The van der Waals surface area contributed by atoms with Crippen LogP contribution < -0.4 is 10.1 Å². The Hall–Kier alpha value is -1.06. The van der Waals surface area contributed by atoms with E-state index in [1.807, 2.05) is 12.1 Å². The molecule has 1 aromatic carbocycles. The zero-order valence-electron chi connectivity index (χ0n) is 12.1. The number of hydrogen-bond donors (Lipinski definition) is 2. The number of methoxy groups -OCH3 is 1. The van der Waals surface area contributed by atoms with E-state index in [-0.39, 0.29) is 6.10 Å². The van der Waals surface area contributed by atoms with Gasteiger partial charge in [0.05, 0.1) is 13.2 Å². The summed E-state index contributed by atoms with van der Waals surface area (Å²) in [7, 11) is 1.70. The molecule has 1 aliphatic rings. The molecule has 1 saturated heterocycles. The third kappa shape index (κ3) is 3.28. The molecular formula is C16H25NO2. The maximum atomic E-state index is 10.5. The molecule has 1 aromatic rings. The van der Waals surface area contributed by atoms with Crippen molar-refractivity contribution in [2.75, 3.05) is 20.2 Å². The number of ether oxygens (including phenoxy) is 1. The minimum Gasteiger partial charge on any atom is -0.496 e. The molecule has 2 atom stereocenters. The van der Waals surface area contributed by atoms with Crippen LogP contribution in [0.25, 0.3) is 0 Å². The summed E-state index contributed by atoms with van der Waals surface area (Å²) in [6, 6.07) is 6.07. The molecule has 0 radical (unpaired) electrons. The molecule has 0 bridgehead atoms. The topological polar surface area (TPSA) is 41.5 Å². The molecule has 3 nitrogen and oxygen atoms in total. The molecule has 1 heterocycles. The minimum absolute atomic E-state index is 0.321. The average molecular weight is 263 g/mol. The Balaban J connectivity index is 2.21. The fraction of sp³-hybridized carbons (Fsp3) is 0.625. The molecule has 0 spiro atoms. The van der Waals surface area contributed by atoms with Crippen molar-refractivity contribution < 1.29 is 9.84 Å². The van der Waals surface area contributed by atoms with E-state index in [1.165, 1.54) is 5.56 Å². The number of rotatable bonds is 4. The van der Waals surface area contributed by atoms with Crippen LogP contribution in [0.1, 0.15) is 49.8 Å². The van der Waals surface area contributed by atoms with E-state index in [2.05, 4.69) is 25.2 Å². The van der Waals surface area contributed by atoms with Crippen molar-refractivity contribution in [1.29, 1.82) is 0 Å². The van der Waals surface area contributed by atoms with Crippen molar-refractivity contribution in [2.45, 2.75) is 38.7 Å². The zero-order valence-corrected chi connectivity index (χ0v) is 12.1. The van der Waals surface area contributed by atoms with Gasteiger partial charge in [0.25, 0.3) is 0 Å². The quantitative estimate of drug-likeness (QED) is 0.877. The number of hydrogen-bond acceptors (Lipinski definition) is 3. The van der Waals surface area contributed by atoms with Crippen LogP contribution in [0.2, 0.25) is 0 Å². The van der Waals surface area contributed by atoms with E-state index < -0.39 is 0 Å². The maximum absolute atomic E-state index is 10.5. The van der Waals surface area contributed by atoms with Gasteiger partial charge in [-0.25, -0.2) is 0 Å². The molecule has 1 fully saturated rings. The van der Waals surface area contributed by atoms with E-state index in [9.17, 15) is 5.11 Å². The van der Waals surface area contributed by atoms with Crippen LogP contribution in [0.4, 0.5) is 0 Å². The Morgan fingerprint density at radius 2 is 2.16 bits per heavy atom. The fourth-order valence-corrected chi connectivity index (χ4v) is 2.81. The van der Waals surface area contributed by atoms with Gasteiger partial charge in [-0.3, -0.25) is 0 Å². The van der Waals surface area contributed by atoms with E-state index in [0.717, 1.165) is 37.2 Å². The highest BCUT2D eigenvalue weighted by Crippen LogP contribution is 2.33. The lowest BCUT2D eigenvalue weighted by molar-refractivity contribution is 0.0920. The van der Waals surface area contributed by atoms with Crippen molar-refractivity contribution in [2.24, 2.45) is 5.92 Å². The molecule has 2 rings (SSSR count). The number of nitrogens with one attached hydrogen (secondary N) is 1. The first-order valence-electron chi connectivity index (χ1n) is 7.20. The summed E-state index contributed by atoms with van der Waals surface area (Å²) >= 11 is 0. The Kier molecular flexibility index (Phi) is 4.83. The maximum Gasteiger partial charge on any atom is 0.122 e. The highest BCUT2D eigenvalue weighted by atomic mass is 16.5. The first-order chi connectivity index (χ1) is 9.13. The van der Waals surface area contributed by atoms with Crippen LogP contribution in [0.15, 0.2) is 18.2 Å². The predicted octanol–water partition coefficient (Wildman–Crippen LogP) is 2.85. The van der Waals surface area contributed by atoms with Gasteiger partial charge in [0.15, 0.2) is 0 Å². The molecule has 0 saturated carbocycles. The molecule has 2 N–H and O–H groups in total. The smallest absolute Gasteiger partial charge is 0.122 e. The van der Waals surface area contributed by atoms with Gasteiger partial charge in [0.2, 0.25) is 0 Å². The minimum atomic E-state index is -0.379. The number of benzene rings is 1. The van der Waals surface area contributed by atoms with Crippen LogP contribution in [0.3, 0.4) is 0 Å². The number of aliphatic hydroxyl groups is 1. The lowest BCUT2D eigenvalue weighted by atomic mass is 9.87. The van der Waals surface area contributed by atoms with E-state index >= 15 is 0 Å². The van der Waals surface area contributed by atoms with Crippen molar-refractivity contribution in [3.05, 3.63) is 29.3 Å². The molecule has 0 aromatic heterocycles. The molecule has 106 valence electrons. The second kappa shape index (κ2) is 6.40. The first kappa shape index (κ1) is 14.4. The monoisotopic (exact) mass is 263 g/mol. The molecule has 0 aliphatic carbocycles. The van der Waals surface area contributed by atoms with Crippen LogP contribution >= 0.6 is 0 Å². The second-order valence-electron chi connectivity index (χ2n) is 5.71. The average Bonchev–Trinajstić information content (AvgIpc) is 2.46. The largest absolute Gasteiger partial charge is 0.496 e. The van der Waals surface area contributed by atoms with Gasteiger partial charge in [-0.15, -0.1) is 0 Å². The van der Waals surface area contributed by atoms with Gasteiger partial charge in [0.1, 0.15) is 5.75 Å². The van der Waals surface area contributed by atoms with E-state index in [1.54, 1.807) is 7.11 Å². The van der Waals surface area contributed by atoms with Crippen molar-refractivity contribution in [1.82, 2.24) is 5.32 Å². The lowest BCUT2D eigenvalue weighted by Gasteiger charge is -2.28. The fourth-order valence-electron chi connectivity index (χ4n) is 2.81. The zero-order chi connectivity index (χ0) is 13.8. The highest BCUT2D eigenvalue weighted by Gasteiger charge is 2.23. The van der Waals surface area contributed by atoms with Gasteiger partial charge in [0, 0.05) is 12.5 Å². The second-order valence-corrected chi connectivity index (χ2v) is 5.71. The van der Waals surface area contributed by atoms with Crippen LogP contribution in [-0.4, -0.2) is 25.3 Å². The molecule has 3 heteroatoms.